The first-order valence-corrected chi connectivity index (χ1v) is 7.77. The second-order valence-electron chi connectivity index (χ2n) is 4.92. The van der Waals surface area contributed by atoms with Gasteiger partial charge in [-0.05, 0) is 11.1 Å². The molecule has 1 aromatic carbocycles. The van der Waals surface area contributed by atoms with Crippen molar-refractivity contribution in [3.05, 3.63) is 35.4 Å². The molecule has 0 aliphatic carbocycles. The van der Waals surface area contributed by atoms with Crippen molar-refractivity contribution in [1.82, 2.24) is 15.3 Å². The molecule has 2 atom stereocenters. The molecule has 1 aromatic rings. The Bertz CT molecular complexity index is 749. The maximum Gasteiger partial charge on any atom is 0.418 e. The number of hydrogen-bond acceptors (Lipinski definition) is 5. The van der Waals surface area contributed by atoms with Crippen LogP contribution in [0.25, 0.3) is 0 Å². The van der Waals surface area contributed by atoms with Gasteiger partial charge < -0.3 is 10.2 Å². The van der Waals surface area contributed by atoms with E-state index in [-0.39, 0.29) is 6.54 Å². The molecule has 0 spiro atoms. The van der Waals surface area contributed by atoms with Gasteiger partial charge in [-0.15, -0.1) is 4.28 Å². The maximum absolute atomic E-state index is 12.3. The molecule has 10 heteroatoms. The van der Waals surface area contributed by atoms with E-state index in [1.165, 1.54) is 11.9 Å². The minimum atomic E-state index is -4.85. The Morgan fingerprint density at radius 2 is 2.00 bits per heavy atom. The van der Waals surface area contributed by atoms with Crippen LogP contribution in [0.4, 0.5) is 4.79 Å². The Labute approximate surface area is 126 Å². The predicted octanol–water partition coefficient (Wildman–Crippen LogP) is 0.000400. The summed E-state index contributed by atoms with van der Waals surface area (Å²) in [6.45, 7) is 0.0868. The van der Waals surface area contributed by atoms with Crippen LogP contribution >= 0.6 is 0 Å². The van der Waals surface area contributed by atoms with Gasteiger partial charge in [-0.25, -0.2) is 4.79 Å². The predicted molar refractivity (Wildman–Crippen MR) is 72.6 cm³/mol. The zero-order chi connectivity index (χ0) is 16.1. The molecule has 2 aliphatic heterocycles. The Morgan fingerprint density at radius 1 is 1.36 bits per heavy atom. The molecule has 2 bridgehead atoms. The van der Waals surface area contributed by atoms with Gasteiger partial charge >= 0.3 is 16.4 Å². The van der Waals surface area contributed by atoms with Crippen LogP contribution < -0.4 is 5.32 Å². The highest BCUT2D eigenvalue weighted by Crippen LogP contribution is 2.43. The van der Waals surface area contributed by atoms with Crippen molar-refractivity contribution >= 4 is 22.3 Å². The standard InChI is InChI=1S/C12H13N3O6S/c1-13-11(16)10-8-5-3-2-4-7(8)9-6-14(10)12(17)15(9)21-22(18,19)20/h2-5,9-10H,6H2,1H3,(H,13,16)(H,18,19,20)/t9-,10?/m0/s1. The van der Waals surface area contributed by atoms with Crippen LogP contribution in [0.1, 0.15) is 23.2 Å². The average Bonchev–Trinajstić information content (AvgIpc) is 2.73. The molecule has 1 saturated heterocycles. The summed E-state index contributed by atoms with van der Waals surface area (Å²) in [4.78, 5) is 25.7. The van der Waals surface area contributed by atoms with Crippen LogP contribution in [-0.4, -0.2) is 48.5 Å². The molecule has 1 unspecified atom stereocenters. The van der Waals surface area contributed by atoms with Gasteiger partial charge in [0, 0.05) is 7.05 Å². The molecule has 9 nitrogen and oxygen atoms in total. The first-order chi connectivity index (χ1) is 10.3. The van der Waals surface area contributed by atoms with E-state index >= 15 is 0 Å². The summed E-state index contributed by atoms with van der Waals surface area (Å²) < 4.78 is 35.1. The molecule has 1 fully saturated rings. The van der Waals surface area contributed by atoms with E-state index in [1.807, 2.05) is 0 Å². The molecule has 0 saturated carbocycles. The summed E-state index contributed by atoms with van der Waals surface area (Å²) >= 11 is 0. The molecule has 22 heavy (non-hydrogen) atoms. The van der Waals surface area contributed by atoms with Crippen molar-refractivity contribution in [1.29, 1.82) is 0 Å². The van der Waals surface area contributed by atoms with Crippen LogP contribution in [0.2, 0.25) is 0 Å². The first-order valence-electron chi connectivity index (χ1n) is 6.40. The van der Waals surface area contributed by atoms with Gasteiger partial charge in [0.25, 0.3) is 0 Å². The molecule has 3 rings (SSSR count). The number of carbonyl (C=O) groups excluding carboxylic acids is 2. The van der Waals surface area contributed by atoms with Gasteiger partial charge in [0.15, 0.2) is 0 Å². The largest absolute Gasteiger partial charge is 0.418 e. The Kier molecular flexibility index (Phi) is 3.31. The van der Waals surface area contributed by atoms with Crippen molar-refractivity contribution in [2.45, 2.75) is 12.1 Å². The number of hydrogen-bond donors (Lipinski definition) is 2. The van der Waals surface area contributed by atoms with E-state index in [4.69, 9.17) is 4.55 Å². The number of carbonyl (C=O) groups is 2. The molecule has 2 heterocycles. The minimum Gasteiger partial charge on any atom is -0.357 e. The molecular weight excluding hydrogens is 314 g/mol. The molecule has 118 valence electrons. The zero-order valence-corrected chi connectivity index (χ0v) is 12.3. The number of benzene rings is 1. The fourth-order valence-corrected chi connectivity index (χ4v) is 3.25. The molecule has 0 radical (unpaired) electrons. The lowest BCUT2D eigenvalue weighted by atomic mass is 9.91. The lowest BCUT2D eigenvalue weighted by Crippen LogP contribution is -2.42. The quantitative estimate of drug-likeness (QED) is 0.755. The van der Waals surface area contributed by atoms with Crippen LogP contribution in [0.15, 0.2) is 24.3 Å². The number of nitrogens with one attached hydrogen (secondary N) is 1. The summed E-state index contributed by atoms with van der Waals surface area (Å²) in [5.74, 6) is -0.395. The zero-order valence-electron chi connectivity index (χ0n) is 11.5. The second kappa shape index (κ2) is 4.93. The van der Waals surface area contributed by atoms with Crippen LogP contribution in [0, 0.1) is 0 Å². The van der Waals surface area contributed by atoms with Crippen LogP contribution in [0.3, 0.4) is 0 Å². The molecule has 2 N–H and O–H groups in total. The maximum atomic E-state index is 12.3. The molecule has 0 aromatic heterocycles. The fraction of sp³-hybridized carbons (Fsp3) is 0.333. The van der Waals surface area contributed by atoms with E-state index in [2.05, 4.69) is 9.60 Å². The van der Waals surface area contributed by atoms with Crippen molar-refractivity contribution in [3.63, 3.8) is 0 Å². The normalized spacial score (nSPS) is 23.5. The topological polar surface area (TPSA) is 116 Å². The van der Waals surface area contributed by atoms with Crippen molar-refractivity contribution in [2.75, 3.05) is 13.6 Å². The van der Waals surface area contributed by atoms with Gasteiger partial charge in [0.05, 0.1) is 6.54 Å². The number of hydroxylamine groups is 2. The number of likely N-dealkylation sites (N-methyl/N-ethyl adjacent to an activating group) is 1. The molecular formula is C12H13N3O6S. The van der Waals surface area contributed by atoms with E-state index < -0.39 is 34.4 Å². The second-order valence-corrected chi connectivity index (χ2v) is 5.93. The summed E-state index contributed by atoms with van der Waals surface area (Å²) in [7, 11) is -3.40. The van der Waals surface area contributed by atoms with Crippen molar-refractivity contribution in [3.8, 4) is 0 Å². The van der Waals surface area contributed by atoms with Crippen molar-refractivity contribution < 1.29 is 26.8 Å². The molecule has 2 aliphatic rings. The Morgan fingerprint density at radius 3 is 2.59 bits per heavy atom. The summed E-state index contributed by atoms with van der Waals surface area (Å²) in [5, 5.41) is 3.06. The number of rotatable bonds is 3. The van der Waals surface area contributed by atoms with Crippen LogP contribution in [-0.2, 0) is 19.5 Å². The third-order valence-corrected chi connectivity index (χ3v) is 4.07. The smallest absolute Gasteiger partial charge is 0.357 e. The average molecular weight is 327 g/mol. The van der Waals surface area contributed by atoms with Crippen molar-refractivity contribution in [2.24, 2.45) is 0 Å². The monoisotopic (exact) mass is 327 g/mol. The van der Waals surface area contributed by atoms with E-state index in [9.17, 15) is 18.0 Å². The third kappa shape index (κ3) is 2.21. The number of urea groups is 1. The molecule has 3 amide bonds. The summed E-state index contributed by atoms with van der Waals surface area (Å²) in [5.41, 5.74) is 1.19. The summed E-state index contributed by atoms with van der Waals surface area (Å²) in [6.07, 6.45) is 0. The van der Waals surface area contributed by atoms with Gasteiger partial charge in [-0.2, -0.15) is 13.5 Å². The highest BCUT2D eigenvalue weighted by atomic mass is 32.3. The minimum absolute atomic E-state index is 0.0868. The number of nitrogens with zero attached hydrogens (tertiary/aromatic N) is 2. The van der Waals surface area contributed by atoms with Crippen LogP contribution in [0.5, 0.6) is 0 Å². The van der Waals surface area contributed by atoms with Gasteiger partial charge in [0.1, 0.15) is 12.1 Å². The number of fused-ring (bicyclic) bond motifs is 4. The van der Waals surface area contributed by atoms with E-state index in [0.29, 0.717) is 16.2 Å². The first kappa shape index (κ1) is 14.8. The van der Waals surface area contributed by atoms with Gasteiger partial charge in [-0.1, -0.05) is 24.3 Å². The summed E-state index contributed by atoms with van der Waals surface area (Å²) in [6, 6.07) is 4.42. The Balaban J connectivity index is 2.10. The van der Waals surface area contributed by atoms with Gasteiger partial charge in [0.2, 0.25) is 5.91 Å². The SMILES string of the molecule is CNC(=O)C1c2ccccc2[C@@H]2CN1C(=O)N2OS(=O)(=O)O. The fourth-order valence-electron chi connectivity index (χ4n) is 2.88. The highest BCUT2D eigenvalue weighted by molar-refractivity contribution is 7.80. The lowest BCUT2D eigenvalue weighted by molar-refractivity contribution is -0.125. The van der Waals surface area contributed by atoms with E-state index in [0.717, 1.165) is 0 Å². The third-order valence-electron chi connectivity index (χ3n) is 3.72. The highest BCUT2D eigenvalue weighted by Gasteiger charge is 2.51. The van der Waals surface area contributed by atoms with E-state index in [1.54, 1.807) is 24.3 Å². The lowest BCUT2D eigenvalue weighted by Gasteiger charge is -2.31. The Hall–Kier alpha value is -2.17. The van der Waals surface area contributed by atoms with Gasteiger partial charge in [-0.3, -0.25) is 9.35 Å². The number of amides is 3.